The molecule has 2 unspecified atom stereocenters. The summed E-state index contributed by atoms with van der Waals surface area (Å²) >= 11 is 0. The Morgan fingerprint density at radius 3 is 2.75 bits per heavy atom. The predicted molar refractivity (Wildman–Crippen MR) is 62.3 cm³/mol. The Morgan fingerprint density at radius 2 is 2.31 bits per heavy atom. The molecule has 4 heteroatoms. The smallest absolute Gasteiger partial charge is 0.407 e. The van der Waals surface area contributed by atoms with Crippen molar-refractivity contribution in [2.75, 3.05) is 13.1 Å². The molecule has 0 radical (unpaired) electrons. The summed E-state index contributed by atoms with van der Waals surface area (Å²) in [6.45, 7) is 7.44. The van der Waals surface area contributed by atoms with Gasteiger partial charge in [-0.25, -0.2) is 4.79 Å². The summed E-state index contributed by atoms with van der Waals surface area (Å²) in [5, 5.41) is 6.39. The summed E-state index contributed by atoms with van der Waals surface area (Å²) in [7, 11) is 0. The molecule has 2 fully saturated rings. The number of carbonyl (C=O) groups is 1. The summed E-state index contributed by atoms with van der Waals surface area (Å²) in [5.74, 6) is 0.820. The second-order valence-electron chi connectivity index (χ2n) is 6.13. The second-order valence-corrected chi connectivity index (χ2v) is 6.13. The third kappa shape index (κ3) is 2.67. The topological polar surface area (TPSA) is 50.4 Å². The van der Waals surface area contributed by atoms with Crippen molar-refractivity contribution < 1.29 is 9.53 Å². The van der Waals surface area contributed by atoms with E-state index in [2.05, 4.69) is 10.6 Å². The summed E-state index contributed by atoms with van der Waals surface area (Å²) in [4.78, 5) is 11.5. The summed E-state index contributed by atoms with van der Waals surface area (Å²) in [5.41, 5.74) is -0.259. The van der Waals surface area contributed by atoms with E-state index in [-0.39, 0.29) is 11.6 Å². The molecule has 1 aliphatic heterocycles. The van der Waals surface area contributed by atoms with E-state index in [1.807, 2.05) is 20.8 Å². The molecule has 1 amide bonds. The molecule has 0 spiro atoms. The van der Waals surface area contributed by atoms with Gasteiger partial charge >= 0.3 is 6.09 Å². The van der Waals surface area contributed by atoms with E-state index in [0.29, 0.717) is 6.54 Å². The van der Waals surface area contributed by atoms with Crippen LogP contribution >= 0.6 is 0 Å². The Hall–Kier alpha value is -0.770. The van der Waals surface area contributed by atoms with Gasteiger partial charge in [-0.3, -0.25) is 0 Å². The van der Waals surface area contributed by atoms with E-state index in [1.165, 1.54) is 19.3 Å². The highest BCUT2D eigenvalue weighted by Crippen LogP contribution is 2.39. The maximum Gasteiger partial charge on any atom is 0.407 e. The first-order valence-electron chi connectivity index (χ1n) is 6.10. The third-order valence-electron chi connectivity index (χ3n) is 3.45. The maximum atomic E-state index is 11.5. The SMILES string of the molecule is CC(C)(C)OC(=O)NCC12CCC(CN1)C2. The summed E-state index contributed by atoms with van der Waals surface area (Å²) in [6.07, 6.45) is 3.36. The molecule has 2 N–H and O–H groups in total. The van der Waals surface area contributed by atoms with Crippen LogP contribution in [0.4, 0.5) is 4.79 Å². The molecule has 2 rings (SSSR count). The zero-order valence-corrected chi connectivity index (χ0v) is 10.4. The van der Waals surface area contributed by atoms with Crippen LogP contribution in [0.2, 0.25) is 0 Å². The highest BCUT2D eigenvalue weighted by molar-refractivity contribution is 5.67. The molecular formula is C12H22N2O2. The molecule has 2 atom stereocenters. The first kappa shape index (κ1) is 11.7. The van der Waals surface area contributed by atoms with Crippen LogP contribution < -0.4 is 10.6 Å². The molecule has 1 heterocycles. The van der Waals surface area contributed by atoms with Gasteiger partial charge in [-0.2, -0.15) is 0 Å². The van der Waals surface area contributed by atoms with E-state index >= 15 is 0 Å². The van der Waals surface area contributed by atoms with Crippen LogP contribution in [0, 0.1) is 5.92 Å². The van der Waals surface area contributed by atoms with Crippen LogP contribution in [0.3, 0.4) is 0 Å². The van der Waals surface area contributed by atoms with E-state index in [9.17, 15) is 4.79 Å². The van der Waals surface area contributed by atoms with Crippen molar-refractivity contribution in [3.05, 3.63) is 0 Å². The molecule has 0 aromatic rings. The Bertz CT molecular complexity index is 275. The number of piperidine rings is 1. The van der Waals surface area contributed by atoms with Crippen LogP contribution in [0.1, 0.15) is 40.0 Å². The molecule has 16 heavy (non-hydrogen) atoms. The molecule has 0 aromatic carbocycles. The standard InChI is InChI=1S/C12H22N2O2/c1-11(2,3)16-10(15)13-8-12-5-4-9(6-12)7-14-12/h9,14H,4-8H2,1-3H3,(H,13,15). The van der Waals surface area contributed by atoms with Gasteiger partial charge in [-0.1, -0.05) is 0 Å². The fourth-order valence-corrected chi connectivity index (χ4v) is 2.71. The lowest BCUT2D eigenvalue weighted by molar-refractivity contribution is 0.0512. The van der Waals surface area contributed by atoms with Crippen molar-refractivity contribution in [1.82, 2.24) is 10.6 Å². The quantitative estimate of drug-likeness (QED) is 0.753. The van der Waals surface area contributed by atoms with Crippen LogP contribution in [-0.2, 0) is 4.74 Å². The van der Waals surface area contributed by atoms with Gasteiger partial charge in [-0.05, 0) is 52.5 Å². The molecule has 1 saturated heterocycles. The second kappa shape index (κ2) is 3.91. The van der Waals surface area contributed by atoms with Crippen LogP contribution in [0.25, 0.3) is 0 Å². The fraction of sp³-hybridized carbons (Fsp3) is 0.917. The average molecular weight is 226 g/mol. The van der Waals surface area contributed by atoms with Crippen molar-refractivity contribution >= 4 is 6.09 Å². The first-order chi connectivity index (χ1) is 7.39. The lowest BCUT2D eigenvalue weighted by Gasteiger charge is -2.28. The van der Waals surface area contributed by atoms with Crippen molar-refractivity contribution in [3.63, 3.8) is 0 Å². The van der Waals surface area contributed by atoms with Gasteiger partial charge in [0.2, 0.25) is 0 Å². The highest BCUT2D eigenvalue weighted by Gasteiger charge is 2.44. The number of hydrogen-bond acceptors (Lipinski definition) is 3. The molecule has 1 saturated carbocycles. The molecular weight excluding hydrogens is 204 g/mol. The Balaban J connectivity index is 1.77. The number of carbonyl (C=O) groups excluding carboxylic acids is 1. The minimum atomic E-state index is -0.414. The van der Waals surface area contributed by atoms with Crippen LogP contribution in [-0.4, -0.2) is 30.3 Å². The van der Waals surface area contributed by atoms with E-state index in [0.717, 1.165) is 12.5 Å². The van der Waals surface area contributed by atoms with Crippen molar-refractivity contribution in [2.24, 2.45) is 5.92 Å². The van der Waals surface area contributed by atoms with Gasteiger partial charge in [0, 0.05) is 12.1 Å². The number of amides is 1. The predicted octanol–water partition coefficient (Wildman–Crippen LogP) is 1.65. The fourth-order valence-electron chi connectivity index (χ4n) is 2.71. The van der Waals surface area contributed by atoms with Gasteiger partial charge < -0.3 is 15.4 Å². The number of ether oxygens (including phenoxy) is 1. The lowest BCUT2D eigenvalue weighted by Crippen LogP contribution is -2.50. The Kier molecular flexibility index (Phi) is 2.86. The molecule has 2 aliphatic rings. The van der Waals surface area contributed by atoms with Gasteiger partial charge in [0.25, 0.3) is 0 Å². The highest BCUT2D eigenvalue weighted by atomic mass is 16.6. The normalized spacial score (nSPS) is 32.8. The minimum absolute atomic E-state index is 0.154. The summed E-state index contributed by atoms with van der Waals surface area (Å²) < 4.78 is 5.22. The van der Waals surface area contributed by atoms with Crippen molar-refractivity contribution in [2.45, 2.75) is 51.2 Å². The minimum Gasteiger partial charge on any atom is -0.444 e. The van der Waals surface area contributed by atoms with Gasteiger partial charge in [0.05, 0.1) is 0 Å². The van der Waals surface area contributed by atoms with Crippen molar-refractivity contribution in [3.8, 4) is 0 Å². The summed E-state index contributed by atoms with van der Waals surface area (Å²) in [6, 6.07) is 0. The molecule has 4 nitrogen and oxygen atoms in total. The Morgan fingerprint density at radius 1 is 1.56 bits per heavy atom. The number of nitrogens with one attached hydrogen (secondary N) is 2. The Labute approximate surface area is 97.1 Å². The largest absolute Gasteiger partial charge is 0.444 e. The first-order valence-corrected chi connectivity index (χ1v) is 6.10. The number of fused-ring (bicyclic) bond motifs is 2. The number of rotatable bonds is 2. The molecule has 1 aliphatic carbocycles. The van der Waals surface area contributed by atoms with Crippen LogP contribution in [0.5, 0.6) is 0 Å². The lowest BCUT2D eigenvalue weighted by atomic mass is 9.99. The van der Waals surface area contributed by atoms with E-state index in [1.54, 1.807) is 0 Å². The molecule has 92 valence electrons. The average Bonchev–Trinajstić information content (AvgIpc) is 2.72. The molecule has 2 bridgehead atoms. The van der Waals surface area contributed by atoms with Gasteiger partial charge in [0.1, 0.15) is 5.60 Å². The van der Waals surface area contributed by atoms with Gasteiger partial charge in [-0.15, -0.1) is 0 Å². The zero-order valence-electron chi connectivity index (χ0n) is 10.4. The van der Waals surface area contributed by atoms with Gasteiger partial charge in [0.15, 0.2) is 0 Å². The van der Waals surface area contributed by atoms with E-state index < -0.39 is 5.60 Å². The number of alkyl carbamates (subject to hydrolysis) is 1. The maximum absolute atomic E-state index is 11.5. The van der Waals surface area contributed by atoms with Crippen molar-refractivity contribution in [1.29, 1.82) is 0 Å². The van der Waals surface area contributed by atoms with Crippen LogP contribution in [0.15, 0.2) is 0 Å². The zero-order chi connectivity index (χ0) is 11.8. The third-order valence-corrected chi connectivity index (χ3v) is 3.45. The van der Waals surface area contributed by atoms with E-state index in [4.69, 9.17) is 4.74 Å². The monoisotopic (exact) mass is 226 g/mol. The molecule has 0 aromatic heterocycles. The number of hydrogen-bond donors (Lipinski definition) is 2.